The van der Waals surface area contributed by atoms with Crippen LogP contribution in [0, 0.1) is 0 Å². The van der Waals surface area contributed by atoms with Crippen LogP contribution >= 0.6 is 32.3 Å². The molecule has 0 fully saturated rings. The lowest BCUT2D eigenvalue weighted by Gasteiger charge is -2.50. The van der Waals surface area contributed by atoms with Crippen molar-refractivity contribution in [3.63, 3.8) is 0 Å². The summed E-state index contributed by atoms with van der Waals surface area (Å²) in [5.74, 6) is 0. The number of halogens is 2. The largest absolute Gasteiger partial charge is 0.293 e. The van der Waals surface area contributed by atoms with E-state index in [9.17, 15) is 0 Å². The van der Waals surface area contributed by atoms with Crippen LogP contribution in [0.5, 0.6) is 0 Å². The molecule has 0 saturated carbocycles. The Kier molecular flexibility index (Phi) is 8.31. The van der Waals surface area contributed by atoms with Gasteiger partial charge in [-0.05, 0) is 40.7 Å². The van der Waals surface area contributed by atoms with Crippen molar-refractivity contribution in [2.75, 3.05) is 13.1 Å². The molecule has 0 rings (SSSR count). The highest BCUT2D eigenvalue weighted by molar-refractivity contribution is 9.21. The third-order valence-corrected chi connectivity index (χ3v) is 5.86. The molecule has 0 aliphatic heterocycles. The van der Waals surface area contributed by atoms with Crippen LogP contribution in [0.25, 0.3) is 0 Å². The van der Waals surface area contributed by atoms with Crippen LogP contribution < -0.4 is 0 Å². The van der Waals surface area contributed by atoms with E-state index in [0.29, 0.717) is 0 Å². The summed E-state index contributed by atoms with van der Waals surface area (Å²) in [5, 5.41) is 0. The van der Waals surface area contributed by atoms with Gasteiger partial charge in [0.15, 0.2) is 0 Å². The molecule has 0 amide bonds. The fourth-order valence-electron chi connectivity index (χ4n) is 1.90. The molecule has 0 N–H and O–H groups in total. The Morgan fingerprint density at radius 1 is 1.06 bits per heavy atom. The van der Waals surface area contributed by atoms with Gasteiger partial charge in [-0.1, -0.05) is 25.8 Å². The van der Waals surface area contributed by atoms with Gasteiger partial charge in [0.1, 0.15) is 0 Å². The number of hydrogen-bond acceptors (Lipinski definition) is 2. The molecule has 0 unspecified atom stereocenters. The Morgan fingerprint density at radius 2 is 1.61 bits per heavy atom. The van der Waals surface area contributed by atoms with Gasteiger partial charge in [-0.25, -0.2) is 0 Å². The Bertz CT molecular complexity index is 250. The van der Waals surface area contributed by atoms with Crippen molar-refractivity contribution in [3.8, 4) is 0 Å². The molecular weight excluding hydrogens is 356 g/mol. The Labute approximate surface area is 130 Å². The molecule has 0 aliphatic carbocycles. The Hall–Kier alpha value is 0.620. The first-order valence-corrected chi connectivity index (χ1v) is 8.11. The van der Waals surface area contributed by atoms with Crippen LogP contribution in [0.2, 0.25) is 0 Å². The summed E-state index contributed by atoms with van der Waals surface area (Å²) in [6.07, 6.45) is 5.79. The number of unbranched alkanes of at least 4 members (excludes halogenated alkanes) is 2. The third kappa shape index (κ3) is 4.62. The van der Waals surface area contributed by atoms with Crippen molar-refractivity contribution in [2.45, 2.75) is 65.0 Å². The summed E-state index contributed by atoms with van der Waals surface area (Å²) in [6, 6.07) is 0. The van der Waals surface area contributed by atoms with Crippen molar-refractivity contribution in [1.82, 2.24) is 7.85 Å². The molecular formula is C14H28Br2N2. The van der Waals surface area contributed by atoms with E-state index in [1.165, 1.54) is 19.3 Å². The van der Waals surface area contributed by atoms with E-state index in [0.717, 1.165) is 13.1 Å². The van der Waals surface area contributed by atoms with Crippen molar-refractivity contribution in [3.05, 3.63) is 12.7 Å². The first kappa shape index (κ1) is 18.6. The molecule has 108 valence electrons. The summed E-state index contributed by atoms with van der Waals surface area (Å²) in [7, 11) is 0. The highest BCUT2D eigenvalue weighted by Gasteiger charge is 2.44. The van der Waals surface area contributed by atoms with E-state index in [1.807, 2.05) is 9.03 Å². The van der Waals surface area contributed by atoms with Crippen molar-refractivity contribution < 1.29 is 0 Å². The maximum atomic E-state index is 3.89. The zero-order valence-corrected chi connectivity index (χ0v) is 15.6. The highest BCUT2D eigenvalue weighted by Crippen LogP contribution is 2.37. The SMILES string of the molecule is C=CCN(CCCCC)C(C)(C)C(C)(C)N(Br)Br. The third-order valence-electron chi connectivity index (χ3n) is 4.09. The van der Waals surface area contributed by atoms with Gasteiger partial charge in [0.2, 0.25) is 0 Å². The van der Waals surface area contributed by atoms with Crippen LogP contribution in [0.3, 0.4) is 0 Å². The first-order valence-electron chi connectivity index (χ1n) is 6.69. The van der Waals surface area contributed by atoms with Gasteiger partial charge < -0.3 is 0 Å². The molecule has 0 atom stereocenters. The molecule has 0 heterocycles. The molecule has 0 aromatic heterocycles. The summed E-state index contributed by atoms with van der Waals surface area (Å²) in [6.45, 7) is 17.2. The van der Waals surface area contributed by atoms with Gasteiger partial charge in [0.25, 0.3) is 0 Å². The summed E-state index contributed by atoms with van der Waals surface area (Å²) < 4.78 is 1.95. The summed E-state index contributed by atoms with van der Waals surface area (Å²) in [4.78, 5) is 2.51. The second-order valence-electron chi connectivity index (χ2n) is 5.79. The lowest BCUT2D eigenvalue weighted by atomic mass is 9.81. The lowest BCUT2D eigenvalue weighted by molar-refractivity contribution is 0.0414. The maximum Gasteiger partial charge on any atom is 0.0553 e. The standard InChI is InChI=1S/C14H28Br2N2/c1-7-9-10-12-17(11-8-2)13(3,4)14(5,6)18(15)16/h8H,2,7,9-12H2,1,3-6H3. The molecule has 18 heavy (non-hydrogen) atoms. The molecule has 4 heteroatoms. The van der Waals surface area contributed by atoms with E-state index >= 15 is 0 Å². The summed E-state index contributed by atoms with van der Waals surface area (Å²) in [5.41, 5.74) is -0.00977. The number of rotatable bonds is 9. The van der Waals surface area contributed by atoms with E-state index < -0.39 is 0 Å². The monoisotopic (exact) mass is 382 g/mol. The zero-order chi connectivity index (χ0) is 14.4. The van der Waals surface area contributed by atoms with Crippen LogP contribution in [-0.4, -0.2) is 32.0 Å². The van der Waals surface area contributed by atoms with Gasteiger partial charge in [-0.2, -0.15) is 2.95 Å². The van der Waals surface area contributed by atoms with Gasteiger partial charge >= 0.3 is 0 Å². The van der Waals surface area contributed by atoms with E-state index in [2.05, 4.69) is 78.4 Å². The lowest BCUT2D eigenvalue weighted by Crippen LogP contribution is -2.61. The van der Waals surface area contributed by atoms with Crippen molar-refractivity contribution >= 4 is 32.3 Å². The van der Waals surface area contributed by atoms with Crippen LogP contribution in [-0.2, 0) is 0 Å². The average Bonchev–Trinajstić information content (AvgIpc) is 2.27. The quantitative estimate of drug-likeness (QED) is 0.309. The Morgan fingerprint density at radius 3 is 2.00 bits per heavy atom. The zero-order valence-electron chi connectivity index (χ0n) is 12.5. The molecule has 2 nitrogen and oxygen atoms in total. The second kappa shape index (κ2) is 8.03. The topological polar surface area (TPSA) is 6.48 Å². The van der Waals surface area contributed by atoms with Crippen LogP contribution in [0.1, 0.15) is 53.9 Å². The molecule has 0 spiro atoms. The summed E-state index contributed by atoms with van der Waals surface area (Å²) >= 11 is 7.06. The molecule has 0 saturated heterocycles. The minimum atomic E-state index is -0.0395. The van der Waals surface area contributed by atoms with Crippen molar-refractivity contribution in [2.24, 2.45) is 0 Å². The minimum absolute atomic E-state index is 0.0297. The van der Waals surface area contributed by atoms with E-state index in [-0.39, 0.29) is 11.1 Å². The van der Waals surface area contributed by atoms with E-state index in [1.54, 1.807) is 0 Å². The van der Waals surface area contributed by atoms with Crippen molar-refractivity contribution in [1.29, 1.82) is 0 Å². The predicted octanol–water partition coefficient (Wildman–Crippen LogP) is 5.14. The second-order valence-corrected chi connectivity index (χ2v) is 8.16. The van der Waals surface area contributed by atoms with Gasteiger partial charge in [-0.15, -0.1) is 6.58 Å². The average molecular weight is 384 g/mol. The van der Waals surface area contributed by atoms with Gasteiger partial charge in [0, 0.05) is 44.4 Å². The van der Waals surface area contributed by atoms with Crippen LogP contribution in [0.15, 0.2) is 12.7 Å². The molecule has 0 aromatic carbocycles. The molecule has 0 aromatic rings. The minimum Gasteiger partial charge on any atom is -0.293 e. The van der Waals surface area contributed by atoms with Gasteiger partial charge in [0.05, 0.1) is 5.54 Å². The number of hydrogen-bond donors (Lipinski definition) is 0. The fourth-order valence-corrected chi connectivity index (χ4v) is 2.77. The van der Waals surface area contributed by atoms with Crippen LogP contribution in [0.4, 0.5) is 0 Å². The number of nitrogens with zero attached hydrogens (tertiary/aromatic N) is 2. The molecule has 0 aliphatic rings. The van der Waals surface area contributed by atoms with E-state index in [4.69, 9.17) is 0 Å². The fraction of sp³-hybridized carbons (Fsp3) is 0.857. The highest BCUT2D eigenvalue weighted by atomic mass is 79.9. The molecule has 0 bridgehead atoms. The normalized spacial score (nSPS) is 13.4. The Balaban J connectivity index is 4.89. The first-order chi connectivity index (χ1) is 8.21. The predicted molar refractivity (Wildman–Crippen MR) is 89.1 cm³/mol. The smallest absolute Gasteiger partial charge is 0.0553 e. The van der Waals surface area contributed by atoms with Gasteiger partial charge in [-0.3, -0.25) is 4.90 Å². The molecule has 0 radical (unpaired) electrons. The maximum absolute atomic E-state index is 3.89.